The van der Waals surface area contributed by atoms with Gasteiger partial charge in [-0.25, -0.2) is 0 Å². The third-order valence-electron chi connectivity index (χ3n) is 4.72. The number of hydrogen-bond donors (Lipinski definition) is 1. The maximum atomic E-state index is 13.3. The van der Waals surface area contributed by atoms with Crippen LogP contribution in [0.2, 0.25) is 5.02 Å². The highest BCUT2D eigenvalue weighted by atomic mass is 35.5. The van der Waals surface area contributed by atoms with Crippen molar-refractivity contribution in [1.29, 1.82) is 0 Å². The second-order valence-corrected chi connectivity index (χ2v) is 7.71. The van der Waals surface area contributed by atoms with Gasteiger partial charge in [0.25, 0.3) is 0 Å². The molecule has 0 radical (unpaired) electrons. The van der Waals surface area contributed by atoms with Crippen molar-refractivity contribution >= 4 is 23.4 Å². The van der Waals surface area contributed by atoms with Crippen molar-refractivity contribution in [3.63, 3.8) is 0 Å². The van der Waals surface area contributed by atoms with Gasteiger partial charge in [0.2, 0.25) is 11.8 Å². The molecule has 0 aromatic heterocycles. The monoisotopic (exact) mass is 400 g/mol. The molecule has 0 aliphatic rings. The maximum absolute atomic E-state index is 13.3. The number of hydrogen-bond acceptors (Lipinski definition) is 2. The molecule has 5 heteroatoms. The highest BCUT2D eigenvalue weighted by Gasteiger charge is 2.29. The fourth-order valence-electron chi connectivity index (χ4n) is 3.18. The van der Waals surface area contributed by atoms with Gasteiger partial charge in [0.1, 0.15) is 6.04 Å². The molecule has 0 aliphatic heterocycles. The van der Waals surface area contributed by atoms with Crippen molar-refractivity contribution in [1.82, 2.24) is 10.2 Å². The second-order valence-electron chi connectivity index (χ2n) is 7.30. The number of rotatable bonds is 8. The van der Waals surface area contributed by atoms with Crippen molar-refractivity contribution < 1.29 is 9.59 Å². The number of nitrogens with one attached hydrogen (secondary N) is 1. The molecule has 0 aliphatic carbocycles. The number of aryl methyl sites for hydroxylation is 1. The zero-order valence-corrected chi connectivity index (χ0v) is 17.8. The van der Waals surface area contributed by atoms with Crippen LogP contribution in [0.3, 0.4) is 0 Å². The lowest BCUT2D eigenvalue weighted by Crippen LogP contribution is -2.50. The number of carbonyl (C=O) groups is 2. The van der Waals surface area contributed by atoms with Crippen molar-refractivity contribution in [2.75, 3.05) is 0 Å². The number of carbonyl (C=O) groups excluding carboxylic acids is 2. The van der Waals surface area contributed by atoms with Crippen LogP contribution in [0.4, 0.5) is 0 Å². The molecule has 2 aromatic carbocycles. The van der Waals surface area contributed by atoms with Gasteiger partial charge in [-0.3, -0.25) is 9.59 Å². The van der Waals surface area contributed by atoms with Gasteiger partial charge in [0, 0.05) is 17.6 Å². The van der Waals surface area contributed by atoms with Crippen molar-refractivity contribution in [3.8, 4) is 0 Å². The number of nitrogens with zero attached hydrogens (tertiary/aromatic N) is 1. The Hall–Kier alpha value is -2.33. The zero-order valence-electron chi connectivity index (χ0n) is 17.0. The maximum Gasteiger partial charge on any atom is 0.243 e. The fourth-order valence-corrected chi connectivity index (χ4v) is 3.38. The average Bonchev–Trinajstić information content (AvgIpc) is 2.64. The summed E-state index contributed by atoms with van der Waals surface area (Å²) in [6.45, 7) is 8.17. The van der Waals surface area contributed by atoms with Crippen LogP contribution in [0, 0.1) is 6.92 Å². The Labute approximate surface area is 172 Å². The Balaban J connectivity index is 2.33. The van der Waals surface area contributed by atoms with Gasteiger partial charge in [-0.05, 0) is 49.9 Å². The smallest absolute Gasteiger partial charge is 0.243 e. The summed E-state index contributed by atoms with van der Waals surface area (Å²) in [7, 11) is 0. The molecule has 0 bridgehead atoms. The van der Waals surface area contributed by atoms with E-state index < -0.39 is 6.04 Å². The molecule has 0 heterocycles. The quantitative estimate of drug-likeness (QED) is 0.708. The van der Waals surface area contributed by atoms with Crippen LogP contribution < -0.4 is 5.32 Å². The van der Waals surface area contributed by atoms with E-state index in [0.717, 1.165) is 16.7 Å². The minimum Gasteiger partial charge on any atom is -0.352 e. The molecule has 0 saturated heterocycles. The lowest BCUT2D eigenvalue weighted by Gasteiger charge is -2.32. The SMILES string of the molecule is CC[C@@H](C(=O)NC(C)C)N(Cc1ccccc1C)C(=O)Cc1ccccc1Cl. The Kier molecular flexibility index (Phi) is 8.06. The Morgan fingerprint density at radius 1 is 1.04 bits per heavy atom. The summed E-state index contributed by atoms with van der Waals surface area (Å²) in [4.78, 5) is 27.7. The summed E-state index contributed by atoms with van der Waals surface area (Å²) in [6, 6.07) is 14.7. The summed E-state index contributed by atoms with van der Waals surface area (Å²) in [6.07, 6.45) is 0.704. The van der Waals surface area contributed by atoms with Crippen LogP contribution in [0.1, 0.15) is 43.9 Å². The lowest BCUT2D eigenvalue weighted by molar-refractivity contribution is -0.141. The first kappa shape index (κ1) is 22.0. The van der Waals surface area contributed by atoms with E-state index in [-0.39, 0.29) is 24.3 Å². The van der Waals surface area contributed by atoms with E-state index in [4.69, 9.17) is 11.6 Å². The van der Waals surface area contributed by atoms with Crippen LogP contribution in [0.5, 0.6) is 0 Å². The second kappa shape index (κ2) is 10.3. The van der Waals surface area contributed by atoms with Crippen molar-refractivity contribution in [2.24, 2.45) is 0 Å². The zero-order chi connectivity index (χ0) is 20.7. The number of benzene rings is 2. The molecule has 28 heavy (non-hydrogen) atoms. The molecule has 0 fully saturated rings. The first-order valence-electron chi connectivity index (χ1n) is 9.71. The number of halogens is 1. The first-order valence-corrected chi connectivity index (χ1v) is 10.1. The Bertz CT molecular complexity index is 820. The minimum atomic E-state index is -0.531. The van der Waals surface area contributed by atoms with Gasteiger partial charge >= 0.3 is 0 Å². The summed E-state index contributed by atoms with van der Waals surface area (Å²) < 4.78 is 0. The molecule has 2 rings (SSSR count). The molecule has 1 N–H and O–H groups in total. The van der Waals surface area contributed by atoms with Gasteiger partial charge in [-0.1, -0.05) is 61.0 Å². The van der Waals surface area contributed by atoms with Gasteiger partial charge in [0.15, 0.2) is 0 Å². The van der Waals surface area contributed by atoms with E-state index >= 15 is 0 Å². The predicted molar refractivity (Wildman–Crippen MR) is 114 cm³/mol. The normalized spacial score (nSPS) is 11.9. The predicted octanol–water partition coefficient (Wildman–Crippen LogP) is 4.52. The summed E-state index contributed by atoms with van der Waals surface area (Å²) >= 11 is 6.25. The van der Waals surface area contributed by atoms with Crippen LogP contribution >= 0.6 is 11.6 Å². The average molecular weight is 401 g/mol. The van der Waals surface area contributed by atoms with Crippen LogP contribution in [0.25, 0.3) is 0 Å². The molecular formula is C23H29ClN2O2. The standard InChI is InChI=1S/C23H29ClN2O2/c1-5-21(23(28)25-16(2)3)26(15-19-12-7-6-10-17(19)4)22(27)14-18-11-8-9-13-20(18)24/h6-13,16,21H,5,14-15H2,1-4H3,(H,25,28)/t21-/m0/s1. The summed E-state index contributed by atoms with van der Waals surface area (Å²) in [5.41, 5.74) is 2.89. The molecule has 2 amide bonds. The lowest BCUT2D eigenvalue weighted by atomic mass is 10.0. The van der Waals surface area contributed by atoms with E-state index in [0.29, 0.717) is 18.0 Å². The van der Waals surface area contributed by atoms with Crippen molar-refractivity contribution in [2.45, 2.75) is 59.2 Å². The first-order chi connectivity index (χ1) is 13.3. The third kappa shape index (κ3) is 5.83. The summed E-state index contributed by atoms with van der Waals surface area (Å²) in [5.74, 6) is -0.235. The van der Waals surface area contributed by atoms with Crippen molar-refractivity contribution in [3.05, 3.63) is 70.2 Å². The molecular weight excluding hydrogens is 372 g/mol. The third-order valence-corrected chi connectivity index (χ3v) is 5.09. The van der Waals surface area contributed by atoms with Crippen LogP contribution in [0.15, 0.2) is 48.5 Å². The van der Waals surface area contributed by atoms with Gasteiger partial charge in [-0.15, -0.1) is 0 Å². The minimum absolute atomic E-state index is 0.0144. The van der Waals surface area contributed by atoms with Gasteiger partial charge < -0.3 is 10.2 Å². The van der Waals surface area contributed by atoms with E-state index in [1.54, 1.807) is 11.0 Å². The highest BCUT2D eigenvalue weighted by molar-refractivity contribution is 6.31. The molecule has 1 atom stereocenters. The van der Waals surface area contributed by atoms with E-state index in [9.17, 15) is 9.59 Å². The van der Waals surface area contributed by atoms with Gasteiger partial charge in [0.05, 0.1) is 6.42 Å². The largest absolute Gasteiger partial charge is 0.352 e. The molecule has 2 aromatic rings. The molecule has 0 unspecified atom stereocenters. The molecule has 0 saturated carbocycles. The van der Waals surface area contributed by atoms with Gasteiger partial charge in [-0.2, -0.15) is 0 Å². The molecule has 4 nitrogen and oxygen atoms in total. The fraction of sp³-hybridized carbons (Fsp3) is 0.391. The van der Waals surface area contributed by atoms with Crippen LogP contribution in [-0.2, 0) is 22.6 Å². The molecule has 150 valence electrons. The Morgan fingerprint density at radius 3 is 2.21 bits per heavy atom. The summed E-state index contributed by atoms with van der Waals surface area (Å²) in [5, 5.41) is 3.51. The number of amides is 2. The highest BCUT2D eigenvalue weighted by Crippen LogP contribution is 2.20. The van der Waals surface area contributed by atoms with E-state index in [1.165, 1.54) is 0 Å². The van der Waals surface area contributed by atoms with Crippen LogP contribution in [-0.4, -0.2) is 28.8 Å². The van der Waals surface area contributed by atoms with E-state index in [1.807, 2.05) is 70.2 Å². The Morgan fingerprint density at radius 2 is 1.64 bits per heavy atom. The molecule has 0 spiro atoms. The topological polar surface area (TPSA) is 49.4 Å². The van der Waals surface area contributed by atoms with E-state index in [2.05, 4.69) is 5.32 Å².